The number of aliphatic hydroxyl groups is 1. The standard InChI is InChI=1S/C14H20N2O3S/c17-11-14-6-3-8-16(14)20(18,19)15-9-7-12-4-1-2-5-13(12)10-15/h1-2,4-5,14,17H,3,6-11H2/t14-/m1/s1. The van der Waals surface area contributed by atoms with Crippen molar-refractivity contribution < 1.29 is 13.5 Å². The monoisotopic (exact) mass is 296 g/mol. The SMILES string of the molecule is O=S(=O)(N1CCc2ccccc2C1)N1CCC[C@@H]1CO. The molecule has 0 bridgehead atoms. The van der Waals surface area contributed by atoms with Gasteiger partial charge in [0, 0.05) is 25.7 Å². The van der Waals surface area contributed by atoms with Crippen molar-refractivity contribution in [3.8, 4) is 0 Å². The lowest BCUT2D eigenvalue weighted by Gasteiger charge is -2.33. The maximum Gasteiger partial charge on any atom is 0.282 e. The van der Waals surface area contributed by atoms with Crippen LogP contribution in [0.2, 0.25) is 0 Å². The van der Waals surface area contributed by atoms with Crippen LogP contribution in [0.1, 0.15) is 24.0 Å². The van der Waals surface area contributed by atoms with Gasteiger partial charge in [-0.15, -0.1) is 0 Å². The van der Waals surface area contributed by atoms with Crippen LogP contribution >= 0.6 is 0 Å². The zero-order valence-electron chi connectivity index (χ0n) is 11.4. The topological polar surface area (TPSA) is 60.9 Å². The van der Waals surface area contributed by atoms with Gasteiger partial charge in [0.1, 0.15) is 0 Å². The summed E-state index contributed by atoms with van der Waals surface area (Å²) in [6.07, 6.45) is 2.34. The maximum absolute atomic E-state index is 12.7. The minimum absolute atomic E-state index is 0.0936. The summed E-state index contributed by atoms with van der Waals surface area (Å²) in [4.78, 5) is 0. The lowest BCUT2D eigenvalue weighted by molar-refractivity contribution is 0.204. The second-order valence-corrected chi connectivity index (χ2v) is 7.33. The van der Waals surface area contributed by atoms with E-state index in [2.05, 4.69) is 6.07 Å². The molecule has 0 amide bonds. The maximum atomic E-state index is 12.7. The normalized spacial score (nSPS) is 24.8. The lowest BCUT2D eigenvalue weighted by atomic mass is 10.0. The van der Waals surface area contributed by atoms with Crippen LogP contribution < -0.4 is 0 Å². The molecule has 1 N–H and O–H groups in total. The highest BCUT2D eigenvalue weighted by Gasteiger charge is 2.38. The van der Waals surface area contributed by atoms with Gasteiger partial charge in [-0.25, -0.2) is 0 Å². The van der Waals surface area contributed by atoms with Crippen molar-refractivity contribution in [1.29, 1.82) is 0 Å². The predicted octanol–water partition coefficient (Wildman–Crippen LogP) is 0.746. The third-order valence-electron chi connectivity index (χ3n) is 4.25. The first kappa shape index (κ1) is 14.0. The van der Waals surface area contributed by atoms with E-state index in [1.807, 2.05) is 18.2 Å². The Bertz CT molecular complexity index is 588. The number of aliphatic hydroxyl groups excluding tert-OH is 1. The third kappa shape index (κ3) is 2.37. The van der Waals surface area contributed by atoms with E-state index in [0.717, 1.165) is 24.8 Å². The summed E-state index contributed by atoms with van der Waals surface area (Å²) in [7, 11) is -3.46. The fourth-order valence-corrected chi connectivity index (χ4v) is 4.94. The number of rotatable bonds is 3. The Morgan fingerprint density at radius 2 is 1.95 bits per heavy atom. The quantitative estimate of drug-likeness (QED) is 0.895. The van der Waals surface area contributed by atoms with Crippen LogP contribution in [0.3, 0.4) is 0 Å². The van der Waals surface area contributed by atoms with E-state index in [0.29, 0.717) is 19.6 Å². The van der Waals surface area contributed by atoms with E-state index in [4.69, 9.17) is 0 Å². The molecule has 1 atom stereocenters. The Morgan fingerprint density at radius 1 is 1.20 bits per heavy atom. The van der Waals surface area contributed by atoms with Gasteiger partial charge in [0.2, 0.25) is 0 Å². The zero-order valence-corrected chi connectivity index (χ0v) is 12.2. The molecule has 1 aromatic rings. The summed E-state index contributed by atoms with van der Waals surface area (Å²) in [5.41, 5.74) is 2.32. The molecule has 1 fully saturated rings. The molecule has 0 radical (unpaired) electrons. The molecule has 2 aliphatic rings. The Morgan fingerprint density at radius 3 is 2.70 bits per heavy atom. The third-order valence-corrected chi connectivity index (χ3v) is 6.29. The molecule has 1 saturated heterocycles. The Kier molecular flexibility index (Phi) is 3.81. The molecular weight excluding hydrogens is 276 g/mol. The van der Waals surface area contributed by atoms with Crippen LogP contribution in [0, 0.1) is 0 Å². The Hall–Kier alpha value is -0.950. The highest BCUT2D eigenvalue weighted by molar-refractivity contribution is 7.86. The lowest BCUT2D eigenvalue weighted by Crippen LogP contribution is -2.48. The first-order chi connectivity index (χ1) is 9.63. The van der Waals surface area contributed by atoms with Crippen molar-refractivity contribution in [2.75, 3.05) is 19.7 Å². The highest BCUT2D eigenvalue weighted by atomic mass is 32.2. The molecule has 2 aliphatic heterocycles. The number of hydrogen-bond donors (Lipinski definition) is 1. The summed E-state index contributed by atoms with van der Waals surface area (Å²) >= 11 is 0. The first-order valence-electron chi connectivity index (χ1n) is 7.07. The smallest absolute Gasteiger partial charge is 0.282 e. The van der Waals surface area contributed by atoms with Crippen molar-refractivity contribution in [2.45, 2.75) is 31.8 Å². The fraction of sp³-hybridized carbons (Fsp3) is 0.571. The molecule has 110 valence electrons. The van der Waals surface area contributed by atoms with E-state index in [9.17, 15) is 13.5 Å². The highest BCUT2D eigenvalue weighted by Crippen LogP contribution is 2.27. The van der Waals surface area contributed by atoms with E-state index in [1.54, 1.807) is 4.31 Å². The minimum atomic E-state index is -3.46. The molecule has 1 aromatic carbocycles. The van der Waals surface area contributed by atoms with Gasteiger partial charge in [-0.1, -0.05) is 24.3 Å². The summed E-state index contributed by atoms with van der Waals surface area (Å²) in [6, 6.07) is 7.74. The number of hydrogen-bond acceptors (Lipinski definition) is 3. The summed E-state index contributed by atoms with van der Waals surface area (Å²) in [6.45, 7) is 1.39. The van der Waals surface area contributed by atoms with Gasteiger partial charge >= 0.3 is 0 Å². The van der Waals surface area contributed by atoms with Crippen LogP contribution in [0.25, 0.3) is 0 Å². The van der Waals surface area contributed by atoms with Gasteiger partial charge in [-0.2, -0.15) is 17.0 Å². The summed E-state index contributed by atoms with van der Waals surface area (Å²) in [5.74, 6) is 0. The van der Waals surface area contributed by atoms with Crippen molar-refractivity contribution in [1.82, 2.24) is 8.61 Å². The van der Waals surface area contributed by atoms with Crippen molar-refractivity contribution >= 4 is 10.2 Å². The minimum Gasteiger partial charge on any atom is -0.395 e. The van der Waals surface area contributed by atoms with Crippen molar-refractivity contribution in [3.05, 3.63) is 35.4 Å². The van der Waals surface area contributed by atoms with Gasteiger partial charge in [0.15, 0.2) is 0 Å². The second kappa shape index (κ2) is 5.44. The van der Waals surface area contributed by atoms with Gasteiger partial charge in [-0.3, -0.25) is 0 Å². The average Bonchev–Trinajstić information content (AvgIpc) is 2.96. The molecule has 20 heavy (non-hydrogen) atoms. The van der Waals surface area contributed by atoms with Gasteiger partial charge in [0.05, 0.1) is 6.61 Å². The van der Waals surface area contributed by atoms with E-state index < -0.39 is 10.2 Å². The van der Waals surface area contributed by atoms with Crippen LogP contribution in [-0.4, -0.2) is 47.9 Å². The van der Waals surface area contributed by atoms with Gasteiger partial charge < -0.3 is 5.11 Å². The second-order valence-electron chi connectivity index (χ2n) is 5.45. The summed E-state index contributed by atoms with van der Waals surface area (Å²) < 4.78 is 28.4. The zero-order chi connectivity index (χ0) is 14.2. The van der Waals surface area contributed by atoms with E-state index in [1.165, 1.54) is 9.87 Å². The molecule has 3 rings (SSSR count). The number of nitrogens with zero attached hydrogens (tertiary/aromatic N) is 2. The molecular formula is C14H20N2O3S. The van der Waals surface area contributed by atoms with E-state index >= 15 is 0 Å². The molecule has 0 unspecified atom stereocenters. The van der Waals surface area contributed by atoms with Crippen LogP contribution in [-0.2, 0) is 23.2 Å². The van der Waals surface area contributed by atoms with Crippen molar-refractivity contribution in [3.63, 3.8) is 0 Å². The first-order valence-corrected chi connectivity index (χ1v) is 8.47. The van der Waals surface area contributed by atoms with Crippen molar-refractivity contribution in [2.24, 2.45) is 0 Å². The largest absolute Gasteiger partial charge is 0.395 e. The Balaban J connectivity index is 1.83. The average molecular weight is 296 g/mol. The summed E-state index contributed by atoms with van der Waals surface area (Å²) in [5, 5.41) is 9.33. The number of fused-ring (bicyclic) bond motifs is 1. The predicted molar refractivity (Wildman–Crippen MR) is 76.3 cm³/mol. The molecule has 2 heterocycles. The fourth-order valence-electron chi connectivity index (χ4n) is 3.11. The molecule has 0 spiro atoms. The number of benzene rings is 1. The van der Waals surface area contributed by atoms with Gasteiger partial charge in [-0.05, 0) is 30.4 Å². The molecule has 0 aliphatic carbocycles. The van der Waals surface area contributed by atoms with Crippen LogP contribution in [0.15, 0.2) is 24.3 Å². The van der Waals surface area contributed by atoms with Gasteiger partial charge in [0.25, 0.3) is 10.2 Å². The molecule has 5 nitrogen and oxygen atoms in total. The van der Waals surface area contributed by atoms with Crippen LogP contribution in [0.4, 0.5) is 0 Å². The molecule has 6 heteroatoms. The molecule has 0 saturated carbocycles. The van der Waals surface area contributed by atoms with E-state index in [-0.39, 0.29) is 12.6 Å². The van der Waals surface area contributed by atoms with Crippen LogP contribution in [0.5, 0.6) is 0 Å². The Labute approximate surface area is 120 Å². The molecule has 0 aromatic heterocycles.